The van der Waals surface area contributed by atoms with Crippen molar-refractivity contribution in [3.05, 3.63) is 76.6 Å². The van der Waals surface area contributed by atoms with Gasteiger partial charge in [-0.05, 0) is 36.8 Å². The van der Waals surface area contributed by atoms with E-state index in [0.717, 1.165) is 11.1 Å². The minimum absolute atomic E-state index is 0.131. The highest BCUT2D eigenvalue weighted by atomic mass is 35.5. The number of nitrogens with zero attached hydrogens (tertiary/aromatic N) is 4. The molecule has 3 aromatic heterocycles. The number of aromatic nitrogens is 4. The first-order valence-electron chi connectivity index (χ1n) is 9.31. The Morgan fingerprint density at radius 3 is 2.62 bits per heavy atom. The summed E-state index contributed by atoms with van der Waals surface area (Å²) in [6.07, 6.45) is 5.48. The minimum atomic E-state index is -0.326. The van der Waals surface area contributed by atoms with Crippen LogP contribution in [0.3, 0.4) is 0 Å². The summed E-state index contributed by atoms with van der Waals surface area (Å²) in [6, 6.07) is 12.4. The Bertz CT molecular complexity index is 1200. The van der Waals surface area contributed by atoms with Crippen LogP contribution in [0.25, 0.3) is 33.4 Å². The molecule has 1 N–H and O–H groups in total. The van der Waals surface area contributed by atoms with Gasteiger partial charge in [0, 0.05) is 28.5 Å². The molecule has 0 aliphatic carbocycles. The smallest absolute Gasteiger partial charge is 0.261 e. The summed E-state index contributed by atoms with van der Waals surface area (Å²) in [5.41, 5.74) is 3.13. The number of fused-ring (bicyclic) bond motifs is 1. The lowest BCUT2D eigenvalue weighted by atomic mass is 10.1. The molecule has 4 aromatic rings. The molecule has 0 saturated carbocycles. The maximum atomic E-state index is 13.3. The van der Waals surface area contributed by atoms with E-state index in [1.165, 1.54) is 10.9 Å². The molecule has 0 bridgehead atoms. The normalized spacial score (nSPS) is 12.2. The number of hydrogen-bond donors (Lipinski definition) is 1. The molecule has 146 valence electrons. The number of rotatable bonds is 5. The van der Waals surface area contributed by atoms with Crippen LogP contribution < -0.4 is 5.56 Å². The first-order chi connectivity index (χ1) is 14.1. The van der Waals surface area contributed by atoms with Gasteiger partial charge in [0.25, 0.3) is 5.56 Å². The van der Waals surface area contributed by atoms with E-state index in [1.54, 1.807) is 30.6 Å². The van der Waals surface area contributed by atoms with Gasteiger partial charge in [-0.25, -0.2) is 9.97 Å². The molecule has 29 heavy (non-hydrogen) atoms. The monoisotopic (exact) mass is 406 g/mol. The number of hydrogen-bond acceptors (Lipinski definition) is 5. The molecule has 0 fully saturated rings. The third-order valence-corrected chi connectivity index (χ3v) is 5.17. The summed E-state index contributed by atoms with van der Waals surface area (Å²) >= 11 is 6.02. The highest BCUT2D eigenvalue weighted by Gasteiger charge is 2.17. The topological polar surface area (TPSA) is 80.9 Å². The maximum Gasteiger partial charge on any atom is 0.261 e. The summed E-state index contributed by atoms with van der Waals surface area (Å²) in [4.78, 5) is 26.7. The van der Waals surface area contributed by atoms with Crippen LogP contribution in [-0.4, -0.2) is 31.2 Å². The van der Waals surface area contributed by atoms with Gasteiger partial charge in [-0.1, -0.05) is 30.7 Å². The molecule has 6 nitrogen and oxygen atoms in total. The van der Waals surface area contributed by atoms with Gasteiger partial charge in [0.15, 0.2) is 0 Å². The number of aliphatic hydroxyl groups is 1. The van der Waals surface area contributed by atoms with Crippen LogP contribution in [0.2, 0.25) is 5.02 Å². The highest BCUT2D eigenvalue weighted by molar-refractivity contribution is 6.30. The van der Waals surface area contributed by atoms with Gasteiger partial charge in [0.2, 0.25) is 0 Å². The summed E-state index contributed by atoms with van der Waals surface area (Å²) in [5, 5.41) is 10.7. The Morgan fingerprint density at radius 1 is 1.17 bits per heavy atom. The Balaban J connectivity index is 2.03. The molecular weight excluding hydrogens is 388 g/mol. The second-order valence-corrected chi connectivity index (χ2v) is 7.14. The molecule has 0 aliphatic heterocycles. The van der Waals surface area contributed by atoms with Crippen molar-refractivity contribution in [1.82, 2.24) is 19.5 Å². The molecule has 4 rings (SSSR count). The van der Waals surface area contributed by atoms with Gasteiger partial charge in [-0.3, -0.25) is 14.3 Å². The lowest BCUT2D eigenvalue weighted by Gasteiger charge is -2.16. The van der Waals surface area contributed by atoms with E-state index in [-0.39, 0.29) is 18.2 Å². The first kappa shape index (κ1) is 19.2. The van der Waals surface area contributed by atoms with Crippen LogP contribution in [-0.2, 0) is 0 Å². The molecule has 0 amide bonds. The van der Waals surface area contributed by atoms with Crippen molar-refractivity contribution in [2.24, 2.45) is 0 Å². The van der Waals surface area contributed by atoms with E-state index < -0.39 is 0 Å². The predicted molar refractivity (Wildman–Crippen MR) is 114 cm³/mol. The molecule has 3 heterocycles. The largest absolute Gasteiger partial charge is 0.394 e. The summed E-state index contributed by atoms with van der Waals surface area (Å²) in [5.74, 6) is 0. The molecule has 0 spiro atoms. The average Bonchev–Trinajstić information content (AvgIpc) is 2.76. The third kappa shape index (κ3) is 3.64. The summed E-state index contributed by atoms with van der Waals surface area (Å²) in [6.45, 7) is 1.79. The number of aliphatic hydroxyl groups excluding tert-OH is 1. The SMILES string of the molecule is CCC(CO)n1cnc2c(-c3cccnc3)nc(-c3ccc(Cl)cc3)cc2c1=O. The van der Waals surface area contributed by atoms with Crippen molar-refractivity contribution in [2.45, 2.75) is 19.4 Å². The average molecular weight is 407 g/mol. The second kappa shape index (κ2) is 8.11. The lowest BCUT2D eigenvalue weighted by Crippen LogP contribution is -2.27. The number of halogens is 1. The van der Waals surface area contributed by atoms with Gasteiger partial charge >= 0.3 is 0 Å². The molecule has 1 aromatic carbocycles. The first-order valence-corrected chi connectivity index (χ1v) is 9.69. The van der Waals surface area contributed by atoms with E-state index >= 15 is 0 Å². The minimum Gasteiger partial charge on any atom is -0.394 e. The molecule has 0 radical (unpaired) electrons. The molecule has 0 aliphatic rings. The fourth-order valence-electron chi connectivity index (χ4n) is 3.29. The van der Waals surface area contributed by atoms with Gasteiger partial charge < -0.3 is 5.11 Å². The molecule has 1 unspecified atom stereocenters. The van der Waals surface area contributed by atoms with Crippen LogP contribution in [0, 0.1) is 0 Å². The van der Waals surface area contributed by atoms with Crippen LogP contribution >= 0.6 is 11.6 Å². The maximum absolute atomic E-state index is 13.3. The van der Waals surface area contributed by atoms with E-state index in [9.17, 15) is 9.90 Å². The Kier molecular flexibility index (Phi) is 5.38. The van der Waals surface area contributed by atoms with Crippen molar-refractivity contribution < 1.29 is 5.11 Å². The van der Waals surface area contributed by atoms with Crippen molar-refractivity contribution in [3.8, 4) is 22.5 Å². The second-order valence-electron chi connectivity index (χ2n) is 6.70. The van der Waals surface area contributed by atoms with Crippen LogP contribution in [0.5, 0.6) is 0 Å². The van der Waals surface area contributed by atoms with Gasteiger partial charge in [-0.2, -0.15) is 0 Å². The standard InChI is InChI=1S/C22H19ClN4O2/c1-2-17(12-28)27-13-25-21-18(22(27)29)10-19(14-5-7-16(23)8-6-14)26-20(21)15-4-3-9-24-11-15/h3-11,13,17,28H,2,12H2,1H3. The summed E-state index contributed by atoms with van der Waals surface area (Å²) < 4.78 is 1.49. The van der Waals surface area contributed by atoms with E-state index in [0.29, 0.717) is 33.7 Å². The number of pyridine rings is 2. The van der Waals surface area contributed by atoms with E-state index in [2.05, 4.69) is 9.97 Å². The van der Waals surface area contributed by atoms with Gasteiger partial charge in [0.05, 0.1) is 35.8 Å². The van der Waals surface area contributed by atoms with Crippen molar-refractivity contribution in [2.75, 3.05) is 6.61 Å². The van der Waals surface area contributed by atoms with Crippen molar-refractivity contribution in [3.63, 3.8) is 0 Å². The van der Waals surface area contributed by atoms with Gasteiger partial charge in [-0.15, -0.1) is 0 Å². The molecule has 7 heteroatoms. The lowest BCUT2D eigenvalue weighted by molar-refractivity contribution is 0.221. The predicted octanol–water partition coefficient (Wildman–Crippen LogP) is 4.12. The fourth-order valence-corrected chi connectivity index (χ4v) is 3.42. The Hall–Kier alpha value is -3.09. The summed E-state index contributed by atoms with van der Waals surface area (Å²) in [7, 11) is 0. The molecule has 0 saturated heterocycles. The third-order valence-electron chi connectivity index (χ3n) is 4.92. The van der Waals surface area contributed by atoms with Crippen molar-refractivity contribution in [1.29, 1.82) is 0 Å². The zero-order chi connectivity index (χ0) is 20.4. The zero-order valence-corrected chi connectivity index (χ0v) is 16.5. The van der Waals surface area contributed by atoms with E-state index in [1.807, 2.05) is 31.2 Å². The van der Waals surface area contributed by atoms with Crippen LogP contribution in [0.15, 0.2) is 66.0 Å². The molecular formula is C22H19ClN4O2. The van der Waals surface area contributed by atoms with Crippen LogP contribution in [0.1, 0.15) is 19.4 Å². The quantitative estimate of drug-likeness (QED) is 0.539. The van der Waals surface area contributed by atoms with Gasteiger partial charge in [0.1, 0.15) is 5.52 Å². The fraction of sp³-hybridized carbons (Fsp3) is 0.182. The van der Waals surface area contributed by atoms with Crippen LogP contribution in [0.4, 0.5) is 0 Å². The number of benzene rings is 1. The Morgan fingerprint density at radius 2 is 1.97 bits per heavy atom. The molecule has 1 atom stereocenters. The Labute approximate surface area is 172 Å². The highest BCUT2D eigenvalue weighted by Crippen LogP contribution is 2.29. The zero-order valence-electron chi connectivity index (χ0n) is 15.8. The van der Waals surface area contributed by atoms with E-state index in [4.69, 9.17) is 16.6 Å². The van der Waals surface area contributed by atoms with Crippen molar-refractivity contribution >= 4 is 22.5 Å².